The van der Waals surface area contributed by atoms with Crippen molar-refractivity contribution in [2.75, 3.05) is 38.1 Å². The topological polar surface area (TPSA) is 50.3 Å². The van der Waals surface area contributed by atoms with Crippen molar-refractivity contribution in [2.45, 2.75) is 45.6 Å². The molecule has 6 heteroatoms. The maximum absolute atomic E-state index is 14.3. The van der Waals surface area contributed by atoms with Gasteiger partial charge in [0.05, 0.1) is 5.69 Å². The first kappa shape index (κ1) is 18.5. The van der Waals surface area contributed by atoms with Gasteiger partial charge < -0.3 is 15.0 Å². The summed E-state index contributed by atoms with van der Waals surface area (Å²) in [4.78, 5) is 2.09. The van der Waals surface area contributed by atoms with Gasteiger partial charge in [-0.05, 0) is 80.5 Å². The van der Waals surface area contributed by atoms with Crippen molar-refractivity contribution in [3.8, 4) is 11.3 Å². The van der Waals surface area contributed by atoms with E-state index in [4.69, 9.17) is 7.48 Å². The van der Waals surface area contributed by atoms with Crippen LogP contribution in [-0.4, -0.2) is 53.9 Å². The number of aromatic nitrogens is 2. The fourth-order valence-corrected chi connectivity index (χ4v) is 5.45. The quantitative estimate of drug-likeness (QED) is 0.766. The molecule has 2 aromatic rings. The third-order valence-corrected chi connectivity index (χ3v) is 7.33. The molecule has 2 aliphatic heterocycles. The van der Waals surface area contributed by atoms with Gasteiger partial charge in [0.1, 0.15) is 5.82 Å². The minimum absolute atomic E-state index is 0.0628. The fourth-order valence-electron chi connectivity index (χ4n) is 5.45. The first-order valence-corrected chi connectivity index (χ1v) is 11.5. The smallest absolute Gasteiger partial charge is 0.152 e. The lowest BCUT2D eigenvalue weighted by atomic mass is 10.00. The summed E-state index contributed by atoms with van der Waals surface area (Å²) in [6.07, 6.45) is 3.65. The van der Waals surface area contributed by atoms with Crippen LogP contribution in [0, 0.1) is 37.4 Å². The second kappa shape index (κ2) is 8.83. The third kappa shape index (κ3) is 4.33. The zero-order valence-electron chi connectivity index (χ0n) is 20.4. The number of hydrogen-bond acceptors (Lipinski definition) is 5. The average molecular weight is 427 g/mol. The standard InChI is InChI=1S/C25H33FN4O/c1-16-17(2)25(29-28-24(16)22-5-3-4-6-23(22)26)27-21-11-19-14-30(15-20(19)12-21)13-18-7-9-31-10-8-18/h3-6,18-21H,7-15H2,1-2H3,(H,27,29)/t19-,20+,21?/i13D2. The number of rotatable bonds is 5. The Hall–Kier alpha value is -2.05. The Balaban J connectivity index is 1.23. The van der Waals surface area contributed by atoms with E-state index in [1.54, 1.807) is 12.1 Å². The molecule has 1 saturated carbocycles. The van der Waals surface area contributed by atoms with Crippen molar-refractivity contribution in [1.82, 2.24) is 15.1 Å². The molecule has 5 rings (SSSR count). The minimum Gasteiger partial charge on any atom is -0.381 e. The Morgan fingerprint density at radius 3 is 2.52 bits per heavy atom. The monoisotopic (exact) mass is 426 g/mol. The lowest BCUT2D eigenvalue weighted by Gasteiger charge is -2.28. The number of nitrogens with zero attached hydrogens (tertiary/aromatic N) is 3. The van der Waals surface area contributed by atoms with Gasteiger partial charge in [0.15, 0.2) is 5.82 Å². The first-order valence-electron chi connectivity index (χ1n) is 12.5. The van der Waals surface area contributed by atoms with Crippen molar-refractivity contribution < 1.29 is 11.9 Å². The lowest BCUT2D eigenvalue weighted by Crippen LogP contribution is -2.32. The van der Waals surface area contributed by atoms with E-state index in [2.05, 4.69) is 20.4 Å². The molecule has 0 bridgehead atoms. The predicted molar refractivity (Wildman–Crippen MR) is 121 cm³/mol. The van der Waals surface area contributed by atoms with Gasteiger partial charge in [-0.15, -0.1) is 10.2 Å². The van der Waals surface area contributed by atoms with Gasteiger partial charge in [0.25, 0.3) is 0 Å². The first-order chi connectivity index (χ1) is 15.8. The minimum atomic E-state index is -1.25. The largest absolute Gasteiger partial charge is 0.381 e. The lowest BCUT2D eigenvalue weighted by molar-refractivity contribution is 0.0545. The van der Waals surface area contributed by atoms with Gasteiger partial charge in [-0.3, -0.25) is 0 Å². The summed E-state index contributed by atoms with van der Waals surface area (Å²) in [6, 6.07) is 6.98. The molecule has 3 heterocycles. The van der Waals surface area contributed by atoms with Crippen LogP contribution in [0.5, 0.6) is 0 Å². The fraction of sp³-hybridized carbons (Fsp3) is 0.600. The number of ether oxygens (including phenoxy) is 1. The van der Waals surface area contributed by atoms with Crippen molar-refractivity contribution >= 4 is 5.82 Å². The number of anilines is 1. The van der Waals surface area contributed by atoms with Gasteiger partial charge in [-0.25, -0.2) is 4.39 Å². The van der Waals surface area contributed by atoms with Crippen molar-refractivity contribution in [3.63, 3.8) is 0 Å². The second-order valence-electron chi connectivity index (χ2n) is 9.38. The van der Waals surface area contributed by atoms with E-state index in [0.29, 0.717) is 42.3 Å². The highest BCUT2D eigenvalue weighted by atomic mass is 19.1. The van der Waals surface area contributed by atoms with Gasteiger partial charge in [0, 0.05) is 47.1 Å². The summed E-state index contributed by atoms with van der Waals surface area (Å²) in [5, 5.41) is 12.4. The second-order valence-corrected chi connectivity index (χ2v) is 9.38. The van der Waals surface area contributed by atoms with Crippen LogP contribution in [0.1, 0.15) is 39.6 Å². The predicted octanol–water partition coefficient (Wildman–Crippen LogP) is 4.45. The summed E-state index contributed by atoms with van der Waals surface area (Å²) >= 11 is 0. The molecule has 31 heavy (non-hydrogen) atoms. The molecule has 1 aromatic carbocycles. The highest BCUT2D eigenvalue weighted by Crippen LogP contribution is 2.40. The molecular weight excluding hydrogens is 391 g/mol. The molecule has 166 valence electrons. The number of hydrogen-bond donors (Lipinski definition) is 1. The van der Waals surface area contributed by atoms with E-state index < -0.39 is 6.50 Å². The summed E-state index contributed by atoms with van der Waals surface area (Å²) < 4.78 is 37.2. The molecule has 0 radical (unpaired) electrons. The van der Waals surface area contributed by atoms with Crippen molar-refractivity contribution in [1.29, 1.82) is 0 Å². The third-order valence-electron chi connectivity index (χ3n) is 7.33. The number of halogens is 1. The maximum Gasteiger partial charge on any atom is 0.152 e. The summed E-state index contributed by atoms with van der Waals surface area (Å²) in [5.41, 5.74) is 3.00. The molecule has 3 atom stereocenters. The Labute approximate surface area is 187 Å². The summed E-state index contributed by atoms with van der Waals surface area (Å²) in [5.74, 6) is 1.55. The Bertz CT molecular complexity index is 1000. The van der Waals surface area contributed by atoms with Crippen LogP contribution in [0.4, 0.5) is 10.2 Å². The molecule has 1 aromatic heterocycles. The van der Waals surface area contributed by atoms with Gasteiger partial charge in [-0.1, -0.05) is 12.1 Å². The van der Waals surface area contributed by atoms with Crippen LogP contribution in [0.3, 0.4) is 0 Å². The van der Waals surface area contributed by atoms with Crippen molar-refractivity contribution in [3.05, 3.63) is 41.2 Å². The van der Waals surface area contributed by atoms with Crippen LogP contribution in [-0.2, 0) is 4.74 Å². The van der Waals surface area contributed by atoms with E-state index in [-0.39, 0.29) is 11.7 Å². The maximum atomic E-state index is 14.3. The number of benzene rings is 1. The van der Waals surface area contributed by atoms with Crippen LogP contribution in [0.2, 0.25) is 0 Å². The van der Waals surface area contributed by atoms with Gasteiger partial charge >= 0.3 is 0 Å². The normalized spacial score (nSPS) is 28.3. The Morgan fingerprint density at radius 1 is 1.10 bits per heavy atom. The SMILES string of the molecule is [2H]C([2H])(C1CCOCC1)N1C[C@H]2CC(Nc3nnc(-c4ccccc4F)c(C)c3C)C[C@H]2C1. The summed E-state index contributed by atoms with van der Waals surface area (Å²) in [7, 11) is 0. The highest BCUT2D eigenvalue weighted by Gasteiger charge is 2.41. The van der Waals surface area contributed by atoms with Crippen LogP contribution in [0.15, 0.2) is 24.3 Å². The van der Waals surface area contributed by atoms with Crippen LogP contribution < -0.4 is 5.32 Å². The molecule has 1 N–H and O–H groups in total. The molecule has 1 aliphatic carbocycles. The number of nitrogens with one attached hydrogen (secondary N) is 1. The summed E-state index contributed by atoms with van der Waals surface area (Å²) in [6.45, 7) is 5.72. The van der Waals surface area contributed by atoms with E-state index in [1.165, 1.54) is 6.07 Å². The van der Waals surface area contributed by atoms with Crippen molar-refractivity contribution in [2.24, 2.45) is 17.8 Å². The molecule has 2 saturated heterocycles. The zero-order chi connectivity index (χ0) is 23.2. The van der Waals surface area contributed by atoms with E-state index in [9.17, 15) is 4.39 Å². The molecule has 0 spiro atoms. The molecule has 3 fully saturated rings. The molecular formula is C25H33FN4O. The van der Waals surface area contributed by atoms with Crippen LogP contribution in [0.25, 0.3) is 11.3 Å². The molecule has 0 amide bonds. The number of fused-ring (bicyclic) bond motifs is 1. The molecule has 3 aliphatic rings. The Morgan fingerprint density at radius 2 is 1.81 bits per heavy atom. The number of likely N-dealkylation sites (tertiary alicyclic amines) is 1. The van der Waals surface area contributed by atoms with Gasteiger partial charge in [0.2, 0.25) is 0 Å². The molecule has 5 nitrogen and oxygen atoms in total. The zero-order valence-corrected chi connectivity index (χ0v) is 18.4. The van der Waals surface area contributed by atoms with E-state index in [1.807, 2.05) is 19.9 Å². The van der Waals surface area contributed by atoms with Crippen LogP contribution >= 0.6 is 0 Å². The van der Waals surface area contributed by atoms with Gasteiger partial charge in [-0.2, -0.15) is 0 Å². The average Bonchev–Trinajstić information content (AvgIpc) is 3.38. The van der Waals surface area contributed by atoms with E-state index in [0.717, 1.165) is 55.7 Å². The Kier molecular flexibility index (Phi) is 5.27. The molecule has 1 unspecified atom stereocenters. The highest BCUT2D eigenvalue weighted by molar-refractivity contribution is 5.67. The van der Waals surface area contributed by atoms with E-state index >= 15 is 0 Å².